The monoisotopic (exact) mass is 401 g/mol. The summed E-state index contributed by atoms with van der Waals surface area (Å²) in [4.78, 5) is 14.5. The van der Waals surface area contributed by atoms with Crippen LogP contribution < -0.4 is 15.5 Å². The maximum absolute atomic E-state index is 12.3. The molecule has 4 rings (SSSR count). The van der Waals surface area contributed by atoms with E-state index >= 15 is 0 Å². The SMILES string of the molecule is CC(C)c1ccc(NC(=O)Nc2ccc(-c3ccc(N4CCCC4)nn3)cc2)cc1. The van der Waals surface area contributed by atoms with Gasteiger partial charge in [0.15, 0.2) is 5.82 Å². The van der Waals surface area contributed by atoms with Crippen molar-refractivity contribution < 1.29 is 4.79 Å². The summed E-state index contributed by atoms with van der Waals surface area (Å²) in [5.41, 5.74) is 4.51. The van der Waals surface area contributed by atoms with Crippen molar-refractivity contribution in [2.75, 3.05) is 28.6 Å². The number of hydrogen-bond acceptors (Lipinski definition) is 4. The number of carbonyl (C=O) groups excluding carboxylic acids is 1. The van der Waals surface area contributed by atoms with Gasteiger partial charge in [-0.2, -0.15) is 0 Å². The lowest BCUT2D eigenvalue weighted by Crippen LogP contribution is -2.19. The van der Waals surface area contributed by atoms with Crippen molar-refractivity contribution in [1.29, 1.82) is 0 Å². The Bertz CT molecular complexity index is 976. The van der Waals surface area contributed by atoms with Gasteiger partial charge < -0.3 is 15.5 Å². The van der Waals surface area contributed by atoms with Gasteiger partial charge in [-0.1, -0.05) is 38.1 Å². The lowest BCUT2D eigenvalue weighted by molar-refractivity contribution is 0.262. The van der Waals surface area contributed by atoms with Crippen LogP contribution in [0.5, 0.6) is 0 Å². The van der Waals surface area contributed by atoms with Crippen LogP contribution in [0.15, 0.2) is 60.7 Å². The molecule has 0 spiro atoms. The van der Waals surface area contributed by atoms with Gasteiger partial charge >= 0.3 is 6.03 Å². The van der Waals surface area contributed by atoms with Crippen LogP contribution in [-0.2, 0) is 0 Å². The van der Waals surface area contributed by atoms with Crippen molar-refractivity contribution >= 4 is 23.2 Å². The van der Waals surface area contributed by atoms with E-state index in [-0.39, 0.29) is 6.03 Å². The van der Waals surface area contributed by atoms with Crippen LogP contribution in [0, 0.1) is 0 Å². The first-order valence-corrected chi connectivity index (χ1v) is 10.5. The van der Waals surface area contributed by atoms with E-state index in [0.717, 1.165) is 41.5 Å². The van der Waals surface area contributed by atoms with E-state index in [1.165, 1.54) is 18.4 Å². The van der Waals surface area contributed by atoms with Crippen LogP contribution in [0.1, 0.15) is 38.2 Å². The molecular formula is C24H27N5O. The predicted molar refractivity (Wildman–Crippen MR) is 122 cm³/mol. The molecule has 1 aliphatic rings. The Morgan fingerprint density at radius 3 is 1.97 bits per heavy atom. The zero-order valence-electron chi connectivity index (χ0n) is 17.4. The second-order valence-corrected chi connectivity index (χ2v) is 7.90. The van der Waals surface area contributed by atoms with E-state index in [9.17, 15) is 4.79 Å². The number of rotatable bonds is 5. The summed E-state index contributed by atoms with van der Waals surface area (Å²) in [5.74, 6) is 1.40. The summed E-state index contributed by atoms with van der Waals surface area (Å²) in [5, 5.41) is 14.5. The Balaban J connectivity index is 1.35. The molecule has 2 amide bonds. The van der Waals surface area contributed by atoms with E-state index in [2.05, 4.69) is 39.6 Å². The van der Waals surface area contributed by atoms with E-state index in [4.69, 9.17) is 0 Å². The summed E-state index contributed by atoms with van der Waals surface area (Å²) in [6.45, 7) is 6.40. The van der Waals surface area contributed by atoms with Gasteiger partial charge in [-0.05, 0) is 60.7 Å². The molecule has 1 aliphatic heterocycles. The number of urea groups is 1. The van der Waals surface area contributed by atoms with Gasteiger partial charge in [-0.3, -0.25) is 0 Å². The van der Waals surface area contributed by atoms with Gasteiger partial charge in [0.25, 0.3) is 0 Å². The quantitative estimate of drug-likeness (QED) is 0.591. The lowest BCUT2D eigenvalue weighted by atomic mass is 10.0. The van der Waals surface area contributed by atoms with Crippen molar-refractivity contribution in [2.24, 2.45) is 0 Å². The number of benzene rings is 2. The lowest BCUT2D eigenvalue weighted by Gasteiger charge is -2.15. The first-order chi connectivity index (χ1) is 14.6. The molecular weight excluding hydrogens is 374 g/mol. The molecule has 6 nitrogen and oxygen atoms in total. The molecule has 0 radical (unpaired) electrons. The van der Waals surface area contributed by atoms with Crippen LogP contribution in [0.4, 0.5) is 22.0 Å². The van der Waals surface area contributed by atoms with Crippen molar-refractivity contribution in [1.82, 2.24) is 10.2 Å². The molecule has 154 valence electrons. The first kappa shape index (κ1) is 19.9. The summed E-state index contributed by atoms with van der Waals surface area (Å²) in [7, 11) is 0. The molecule has 2 aromatic carbocycles. The highest BCUT2D eigenvalue weighted by Gasteiger charge is 2.14. The average molecular weight is 402 g/mol. The van der Waals surface area contributed by atoms with Gasteiger partial charge in [0, 0.05) is 30.0 Å². The van der Waals surface area contributed by atoms with E-state index in [1.807, 2.05) is 60.7 Å². The number of nitrogens with one attached hydrogen (secondary N) is 2. The minimum atomic E-state index is -0.269. The van der Waals surface area contributed by atoms with Gasteiger partial charge in [0.1, 0.15) is 0 Å². The van der Waals surface area contributed by atoms with E-state index < -0.39 is 0 Å². The fourth-order valence-electron chi connectivity index (χ4n) is 3.56. The number of anilines is 3. The van der Waals surface area contributed by atoms with E-state index in [1.54, 1.807) is 0 Å². The maximum Gasteiger partial charge on any atom is 0.323 e. The molecule has 2 N–H and O–H groups in total. The van der Waals surface area contributed by atoms with Crippen molar-refractivity contribution in [3.63, 3.8) is 0 Å². The summed E-state index contributed by atoms with van der Waals surface area (Å²) < 4.78 is 0. The third-order valence-corrected chi connectivity index (χ3v) is 5.35. The molecule has 0 saturated carbocycles. The topological polar surface area (TPSA) is 70.2 Å². The van der Waals surface area contributed by atoms with Crippen LogP contribution in [0.2, 0.25) is 0 Å². The molecule has 2 heterocycles. The Morgan fingerprint density at radius 2 is 1.43 bits per heavy atom. The molecule has 0 bridgehead atoms. The molecule has 0 aliphatic carbocycles. The van der Waals surface area contributed by atoms with Gasteiger partial charge in [0.05, 0.1) is 5.69 Å². The highest BCUT2D eigenvalue weighted by atomic mass is 16.2. The summed E-state index contributed by atoms with van der Waals surface area (Å²) in [6.07, 6.45) is 2.43. The maximum atomic E-state index is 12.3. The highest BCUT2D eigenvalue weighted by Crippen LogP contribution is 2.23. The molecule has 0 atom stereocenters. The van der Waals surface area contributed by atoms with Crippen LogP contribution >= 0.6 is 0 Å². The van der Waals surface area contributed by atoms with Crippen molar-refractivity contribution in [3.8, 4) is 11.3 Å². The minimum absolute atomic E-state index is 0.269. The fourth-order valence-corrected chi connectivity index (χ4v) is 3.56. The van der Waals surface area contributed by atoms with Crippen LogP contribution in [-0.4, -0.2) is 29.3 Å². The Morgan fingerprint density at radius 1 is 0.833 bits per heavy atom. The number of hydrogen-bond donors (Lipinski definition) is 2. The molecule has 3 aromatic rings. The largest absolute Gasteiger partial charge is 0.355 e. The molecule has 30 heavy (non-hydrogen) atoms. The summed E-state index contributed by atoms with van der Waals surface area (Å²) >= 11 is 0. The first-order valence-electron chi connectivity index (χ1n) is 10.5. The van der Waals surface area contributed by atoms with E-state index in [0.29, 0.717) is 5.92 Å². The molecule has 1 saturated heterocycles. The van der Waals surface area contributed by atoms with Crippen LogP contribution in [0.3, 0.4) is 0 Å². The van der Waals surface area contributed by atoms with Gasteiger partial charge in [-0.15, -0.1) is 10.2 Å². The van der Waals surface area contributed by atoms with Crippen molar-refractivity contribution in [2.45, 2.75) is 32.6 Å². The third-order valence-electron chi connectivity index (χ3n) is 5.35. The Hall–Kier alpha value is -3.41. The molecule has 1 aromatic heterocycles. The molecule has 0 unspecified atom stereocenters. The Labute approximate surface area is 177 Å². The highest BCUT2D eigenvalue weighted by molar-refractivity contribution is 5.99. The van der Waals surface area contributed by atoms with Gasteiger partial charge in [-0.25, -0.2) is 4.79 Å². The zero-order valence-corrected chi connectivity index (χ0v) is 17.4. The van der Waals surface area contributed by atoms with Crippen LogP contribution in [0.25, 0.3) is 11.3 Å². The predicted octanol–water partition coefficient (Wildman–Crippen LogP) is 5.51. The smallest absolute Gasteiger partial charge is 0.323 e. The van der Waals surface area contributed by atoms with Crippen molar-refractivity contribution in [3.05, 3.63) is 66.2 Å². The number of aromatic nitrogens is 2. The number of carbonyl (C=O) groups is 1. The normalized spacial score (nSPS) is 13.5. The third kappa shape index (κ3) is 4.76. The summed E-state index contributed by atoms with van der Waals surface area (Å²) in [6, 6.07) is 19.3. The number of nitrogens with zero attached hydrogens (tertiary/aromatic N) is 3. The molecule has 1 fully saturated rings. The second kappa shape index (κ2) is 8.95. The zero-order chi connectivity index (χ0) is 20.9. The van der Waals surface area contributed by atoms with Gasteiger partial charge in [0.2, 0.25) is 0 Å². The fraction of sp³-hybridized carbons (Fsp3) is 0.292. The minimum Gasteiger partial charge on any atom is -0.355 e. The molecule has 6 heteroatoms. The number of amides is 2. The average Bonchev–Trinajstić information content (AvgIpc) is 3.30. The Kier molecular flexibility index (Phi) is 5.93. The standard InChI is InChI=1S/C24H27N5O/c1-17(2)18-5-9-20(10-6-18)25-24(30)26-21-11-7-19(8-12-21)22-13-14-23(28-27-22)29-15-3-4-16-29/h5-14,17H,3-4,15-16H2,1-2H3,(H2,25,26,30). The second-order valence-electron chi connectivity index (χ2n) is 7.90.